The van der Waals surface area contributed by atoms with Crippen LogP contribution >= 0.6 is 10.9 Å². The summed E-state index contributed by atoms with van der Waals surface area (Å²) >= 11 is 0. The molecule has 0 saturated carbocycles. The van der Waals surface area contributed by atoms with Gasteiger partial charge in [-0.2, -0.15) is 13.0 Å². The Kier molecular flexibility index (Phi) is 9.91. The number of piperidine rings is 1. The summed E-state index contributed by atoms with van der Waals surface area (Å²) in [6.45, 7) is 5.78. The summed E-state index contributed by atoms with van der Waals surface area (Å²) in [6, 6.07) is 30.5. The lowest BCUT2D eigenvalue weighted by atomic mass is 9.90. The highest BCUT2D eigenvalue weighted by Gasteiger charge is 2.31. The fourth-order valence-electron chi connectivity index (χ4n) is 8.85. The molecule has 58 heavy (non-hydrogen) atoms. The molecule has 0 spiro atoms. The van der Waals surface area contributed by atoms with Crippen molar-refractivity contribution in [2.75, 3.05) is 37.7 Å². The van der Waals surface area contributed by atoms with Gasteiger partial charge in [0.1, 0.15) is 22.2 Å². The molecule has 0 bridgehead atoms. The Hall–Kier alpha value is -5.06. The number of likely N-dealkylation sites (tertiary alicyclic amines) is 1. The van der Waals surface area contributed by atoms with E-state index in [1.165, 1.54) is 12.1 Å². The summed E-state index contributed by atoms with van der Waals surface area (Å²) in [5, 5.41) is 1.83. The summed E-state index contributed by atoms with van der Waals surface area (Å²) in [6.07, 6.45) is 2.78. The molecular weight excluding hydrogens is 779 g/mol. The van der Waals surface area contributed by atoms with Gasteiger partial charge in [0.2, 0.25) is 11.0 Å². The van der Waals surface area contributed by atoms with E-state index in [-0.39, 0.29) is 21.7 Å². The molecule has 4 aromatic carbocycles. The third kappa shape index (κ3) is 7.19. The van der Waals surface area contributed by atoms with Crippen LogP contribution in [0.25, 0.3) is 33.4 Å². The molecular formula is C44H44N3O9S2+. The molecule has 0 atom stereocenters. The highest BCUT2D eigenvalue weighted by Crippen LogP contribution is 2.46. The molecule has 4 aliphatic heterocycles. The summed E-state index contributed by atoms with van der Waals surface area (Å²) in [4.78, 5) is 17.0. The van der Waals surface area contributed by atoms with E-state index < -0.39 is 21.0 Å². The van der Waals surface area contributed by atoms with Crippen LogP contribution in [0.5, 0.6) is 0 Å². The highest BCUT2D eigenvalue weighted by atomic mass is 32.3. The van der Waals surface area contributed by atoms with Gasteiger partial charge in [-0.15, -0.1) is 0 Å². The third-order valence-corrected chi connectivity index (χ3v) is 13.4. The van der Waals surface area contributed by atoms with Crippen molar-refractivity contribution in [2.24, 2.45) is 5.92 Å². The van der Waals surface area contributed by atoms with E-state index in [4.69, 9.17) is 9.15 Å². The van der Waals surface area contributed by atoms with Gasteiger partial charge in [0.05, 0.1) is 28.4 Å². The average Bonchev–Trinajstić information content (AvgIpc) is 3.84. The molecule has 9 rings (SSSR count). The Bertz CT molecular complexity index is 2750. The van der Waals surface area contributed by atoms with E-state index in [0.717, 1.165) is 87.1 Å². The molecule has 1 fully saturated rings. The van der Waals surface area contributed by atoms with Crippen molar-refractivity contribution in [1.82, 2.24) is 9.48 Å². The molecule has 4 N–H and O–H groups in total. The Balaban J connectivity index is 1.16. The predicted molar refractivity (Wildman–Crippen MR) is 224 cm³/mol. The topological polar surface area (TPSA) is 164 Å². The molecule has 300 valence electrons. The number of benzene rings is 5. The van der Waals surface area contributed by atoms with Gasteiger partial charge in [-0.3, -0.25) is 14.2 Å². The molecule has 0 aromatic heterocycles. The summed E-state index contributed by atoms with van der Waals surface area (Å²) in [5.41, 5.74) is 9.27. The van der Waals surface area contributed by atoms with Gasteiger partial charge in [-0.1, -0.05) is 24.3 Å². The van der Waals surface area contributed by atoms with E-state index in [9.17, 15) is 31.4 Å². The number of rotatable bonds is 8. The highest BCUT2D eigenvalue weighted by molar-refractivity contribution is 8.19. The quantitative estimate of drug-likeness (QED) is 0.0507. The Morgan fingerprint density at radius 3 is 2.38 bits per heavy atom. The van der Waals surface area contributed by atoms with E-state index in [0.29, 0.717) is 50.4 Å². The minimum atomic E-state index is -4.33. The van der Waals surface area contributed by atoms with Crippen LogP contribution in [0.4, 0.5) is 17.1 Å². The van der Waals surface area contributed by atoms with Crippen LogP contribution in [0.15, 0.2) is 111 Å². The summed E-state index contributed by atoms with van der Waals surface area (Å²) < 4.78 is 77.4. The SMILES string of the molecule is CCOC(=O)C1CCN(Cc2ccccc2-c2c3ccc(=[N+]4CCc5cc(S(O)(O)O)ccc54)cc-3oc3cc(N4CCc5cc(S(=O)(=O)O)ccc54)ccc23)CC1. The van der Waals surface area contributed by atoms with Crippen LogP contribution in [-0.2, 0) is 39.0 Å². The molecule has 5 aliphatic rings. The minimum absolute atomic E-state index is 0.0795. The Morgan fingerprint density at radius 2 is 1.60 bits per heavy atom. The van der Waals surface area contributed by atoms with Gasteiger partial charge in [0.15, 0.2) is 6.54 Å². The smallest absolute Gasteiger partial charge is 0.309 e. The maximum Gasteiger partial charge on any atom is 0.309 e. The van der Waals surface area contributed by atoms with Gasteiger partial charge in [-0.05, 0) is 104 Å². The fraction of sp³-hybridized carbons (Fsp3) is 0.273. The zero-order chi connectivity index (χ0) is 40.3. The third-order valence-electron chi connectivity index (χ3n) is 11.7. The van der Waals surface area contributed by atoms with Crippen LogP contribution in [0.1, 0.15) is 36.5 Å². The van der Waals surface area contributed by atoms with Crippen molar-refractivity contribution in [3.05, 3.63) is 119 Å². The van der Waals surface area contributed by atoms with Gasteiger partial charge in [0.25, 0.3) is 10.1 Å². The first kappa shape index (κ1) is 38.5. The zero-order valence-corrected chi connectivity index (χ0v) is 33.5. The molecule has 1 aliphatic carbocycles. The van der Waals surface area contributed by atoms with Crippen molar-refractivity contribution >= 4 is 55.0 Å². The molecule has 0 amide bonds. The Morgan fingerprint density at radius 1 is 0.828 bits per heavy atom. The molecule has 0 radical (unpaired) electrons. The number of ether oxygens (including phenoxy) is 1. The van der Waals surface area contributed by atoms with E-state index in [1.54, 1.807) is 24.3 Å². The number of hydrogen-bond donors (Lipinski definition) is 4. The van der Waals surface area contributed by atoms with E-state index in [2.05, 4.69) is 62.9 Å². The van der Waals surface area contributed by atoms with Crippen molar-refractivity contribution in [2.45, 2.75) is 48.9 Å². The van der Waals surface area contributed by atoms with Crippen LogP contribution in [0.3, 0.4) is 0 Å². The second-order valence-electron chi connectivity index (χ2n) is 15.2. The molecule has 14 heteroatoms. The normalized spacial score (nSPS) is 17.5. The van der Waals surface area contributed by atoms with E-state index >= 15 is 0 Å². The molecule has 4 heterocycles. The van der Waals surface area contributed by atoms with Crippen LogP contribution in [-0.4, -0.2) is 70.3 Å². The predicted octanol–water partition coefficient (Wildman–Crippen LogP) is 8.16. The molecule has 4 aromatic rings. The maximum atomic E-state index is 12.5. The van der Waals surface area contributed by atoms with E-state index in [1.807, 2.05) is 19.1 Å². The second kappa shape index (κ2) is 15.0. The van der Waals surface area contributed by atoms with Crippen molar-refractivity contribution in [1.29, 1.82) is 0 Å². The summed E-state index contributed by atoms with van der Waals surface area (Å²) in [5.74, 6) is 0.485. The number of nitrogens with zero attached hydrogens (tertiary/aromatic N) is 3. The van der Waals surface area contributed by atoms with Crippen LogP contribution in [0, 0.1) is 5.92 Å². The number of carbonyl (C=O) groups excluding carboxylic acids is 1. The summed E-state index contributed by atoms with van der Waals surface area (Å²) in [7, 11) is -8.17. The number of fused-ring (bicyclic) bond motifs is 4. The standard InChI is InChI=1S/C44H43N3O9S2/c1-2-55-44(48)28-15-19-45(20-16-28)27-31-5-3-4-6-36(31)43-37-11-7-32(46-21-17-29-23-34(57(49,50)51)9-13-39(29)46)25-41(37)56-42-26-33(8-12-38(42)43)47-22-18-30-24-35(58(52,53)54)10-14-40(30)47/h3-14,23-26,28H,2,15-22,27H2,1H3,(H3-,49,50,51,52,53,54)/p+1. The molecule has 0 unspecified atom stereocenters. The number of esters is 1. The molecule has 1 saturated heterocycles. The fourth-order valence-corrected chi connectivity index (χ4v) is 9.93. The lowest BCUT2D eigenvalue weighted by molar-refractivity contribution is -0.149. The van der Waals surface area contributed by atoms with Gasteiger partial charge >= 0.3 is 5.97 Å². The van der Waals surface area contributed by atoms with Crippen LogP contribution in [0.2, 0.25) is 0 Å². The number of hydrogen-bond acceptors (Lipinski definition) is 10. The largest absolute Gasteiger partial charge is 0.466 e. The lowest BCUT2D eigenvalue weighted by Crippen LogP contribution is -2.36. The van der Waals surface area contributed by atoms with Gasteiger partial charge < -0.3 is 27.7 Å². The van der Waals surface area contributed by atoms with Crippen molar-refractivity contribution in [3.63, 3.8) is 0 Å². The minimum Gasteiger partial charge on any atom is -0.466 e. The first-order valence-electron chi connectivity index (χ1n) is 19.5. The first-order chi connectivity index (χ1) is 27.9. The maximum absolute atomic E-state index is 12.5. The number of carbonyl (C=O) groups is 1. The van der Waals surface area contributed by atoms with Gasteiger partial charge in [0, 0.05) is 71.2 Å². The second-order valence-corrected chi connectivity index (χ2v) is 18.1. The van der Waals surface area contributed by atoms with Crippen molar-refractivity contribution < 1.29 is 40.6 Å². The average molecular weight is 823 g/mol. The lowest BCUT2D eigenvalue weighted by Gasteiger charge is -2.31. The first-order valence-corrected chi connectivity index (χ1v) is 22.4. The zero-order valence-electron chi connectivity index (χ0n) is 31.9. The van der Waals surface area contributed by atoms with Gasteiger partial charge in [-0.25, -0.2) is 0 Å². The Labute approximate surface area is 337 Å². The van der Waals surface area contributed by atoms with Crippen molar-refractivity contribution in [3.8, 4) is 22.5 Å². The number of anilines is 2. The monoisotopic (exact) mass is 822 g/mol. The van der Waals surface area contributed by atoms with Crippen LogP contribution < -0.4 is 14.8 Å². The molecule has 12 nitrogen and oxygen atoms in total.